The van der Waals surface area contributed by atoms with Gasteiger partial charge in [-0.2, -0.15) is 0 Å². The van der Waals surface area contributed by atoms with E-state index in [0.717, 1.165) is 45.7 Å². The van der Waals surface area contributed by atoms with Crippen LogP contribution < -0.4 is 0 Å². The predicted molar refractivity (Wildman–Crippen MR) is 63.0 cm³/mol. The van der Waals surface area contributed by atoms with Crippen molar-refractivity contribution in [3.8, 4) is 0 Å². The van der Waals surface area contributed by atoms with Crippen LogP contribution in [0.2, 0.25) is 0 Å². The van der Waals surface area contributed by atoms with Crippen LogP contribution in [0.15, 0.2) is 0 Å². The van der Waals surface area contributed by atoms with E-state index in [1.165, 1.54) is 0 Å². The molecule has 1 fully saturated rings. The molecule has 3 nitrogen and oxygen atoms in total. The summed E-state index contributed by atoms with van der Waals surface area (Å²) in [5, 5.41) is 0. The Hall–Kier alpha value is -0.410. The van der Waals surface area contributed by atoms with E-state index in [0.29, 0.717) is 5.78 Å². The Balaban J connectivity index is 2.25. The van der Waals surface area contributed by atoms with E-state index in [9.17, 15) is 4.79 Å². The quantitative estimate of drug-likeness (QED) is 0.685. The summed E-state index contributed by atoms with van der Waals surface area (Å²) in [4.78, 5) is 16.2. The maximum absolute atomic E-state index is 11.4. The molecule has 1 aliphatic heterocycles. The Morgan fingerprint density at radius 1 is 1.40 bits per heavy atom. The highest BCUT2D eigenvalue weighted by atomic mass is 16.1. The monoisotopic (exact) mass is 212 g/mol. The number of piperidine rings is 1. The lowest BCUT2D eigenvalue weighted by molar-refractivity contribution is -0.125. The van der Waals surface area contributed by atoms with Crippen molar-refractivity contribution >= 4 is 5.78 Å². The van der Waals surface area contributed by atoms with Crippen LogP contribution in [0, 0.1) is 5.92 Å². The van der Waals surface area contributed by atoms with Gasteiger partial charge in [-0.1, -0.05) is 20.8 Å². The summed E-state index contributed by atoms with van der Waals surface area (Å²) in [5.74, 6) is 0.685. The molecule has 0 spiro atoms. The van der Waals surface area contributed by atoms with Crippen LogP contribution in [0.4, 0.5) is 0 Å². The van der Waals surface area contributed by atoms with Gasteiger partial charge < -0.3 is 9.80 Å². The van der Waals surface area contributed by atoms with E-state index in [1.54, 1.807) is 0 Å². The van der Waals surface area contributed by atoms with Crippen molar-refractivity contribution in [3.05, 3.63) is 0 Å². The van der Waals surface area contributed by atoms with E-state index in [1.807, 2.05) is 6.92 Å². The first kappa shape index (κ1) is 12.7. The van der Waals surface area contributed by atoms with Crippen molar-refractivity contribution < 1.29 is 4.79 Å². The van der Waals surface area contributed by atoms with Crippen LogP contribution in [-0.2, 0) is 4.79 Å². The molecule has 0 saturated carbocycles. The Bertz CT molecular complexity index is 202. The third-order valence-electron chi connectivity index (χ3n) is 3.38. The number of Topliss-reactive ketones (excluding diaryl/α,β-unsaturated/α-hetero) is 1. The molecule has 0 N–H and O–H groups in total. The predicted octanol–water partition coefficient (Wildman–Crippen LogP) is 1.24. The molecule has 1 rings (SSSR count). The number of rotatable bonds is 5. The number of hydrogen-bond donors (Lipinski definition) is 0. The van der Waals surface area contributed by atoms with Gasteiger partial charge in [0.05, 0.1) is 0 Å². The molecule has 0 aliphatic carbocycles. The molecule has 0 bridgehead atoms. The molecule has 0 radical (unpaired) electrons. The zero-order valence-corrected chi connectivity index (χ0v) is 10.3. The second-order valence-electron chi connectivity index (χ2n) is 4.44. The lowest BCUT2D eigenvalue weighted by Gasteiger charge is -2.31. The van der Waals surface area contributed by atoms with Gasteiger partial charge in [-0.15, -0.1) is 0 Å². The fraction of sp³-hybridized carbons (Fsp3) is 0.917. The number of nitrogens with zero attached hydrogens (tertiary/aromatic N) is 2. The smallest absolute Gasteiger partial charge is 0.138 e. The third kappa shape index (κ3) is 3.92. The van der Waals surface area contributed by atoms with Crippen molar-refractivity contribution in [3.63, 3.8) is 0 Å². The zero-order valence-electron chi connectivity index (χ0n) is 10.3. The normalized spacial score (nSPS) is 23.7. The van der Waals surface area contributed by atoms with Crippen LogP contribution in [0.25, 0.3) is 0 Å². The lowest BCUT2D eigenvalue weighted by atomic mass is 9.99. The highest BCUT2D eigenvalue weighted by Crippen LogP contribution is 2.11. The molecule has 3 heteroatoms. The molecule has 1 saturated heterocycles. The standard InChI is InChI=1S/C12H24N2O/c1-4-13(5-2)8-9-14-7-6-12(15)11(3)10-14/h11H,4-10H2,1-3H3. The fourth-order valence-electron chi connectivity index (χ4n) is 2.12. The maximum Gasteiger partial charge on any atom is 0.138 e. The van der Waals surface area contributed by atoms with Crippen molar-refractivity contribution in [2.45, 2.75) is 27.2 Å². The van der Waals surface area contributed by atoms with Gasteiger partial charge in [0.15, 0.2) is 0 Å². The molecule has 0 amide bonds. The minimum atomic E-state index is 0.246. The third-order valence-corrected chi connectivity index (χ3v) is 3.38. The number of carbonyl (C=O) groups excluding carboxylic acids is 1. The Morgan fingerprint density at radius 3 is 2.60 bits per heavy atom. The second kappa shape index (κ2) is 6.23. The average molecular weight is 212 g/mol. The topological polar surface area (TPSA) is 23.6 Å². The molecule has 0 aromatic heterocycles. The van der Waals surface area contributed by atoms with Crippen LogP contribution in [0.3, 0.4) is 0 Å². The second-order valence-corrected chi connectivity index (χ2v) is 4.44. The van der Waals surface area contributed by atoms with Crippen molar-refractivity contribution in [2.24, 2.45) is 5.92 Å². The molecule has 1 aliphatic rings. The van der Waals surface area contributed by atoms with E-state index in [4.69, 9.17) is 0 Å². The van der Waals surface area contributed by atoms with Gasteiger partial charge in [0.25, 0.3) is 0 Å². The van der Waals surface area contributed by atoms with Gasteiger partial charge in [-0.05, 0) is 13.1 Å². The molecule has 1 atom stereocenters. The molecule has 0 aromatic rings. The molecule has 88 valence electrons. The Labute approximate surface area is 93.4 Å². The maximum atomic E-state index is 11.4. The van der Waals surface area contributed by atoms with Crippen molar-refractivity contribution in [2.75, 3.05) is 39.3 Å². The molecule has 0 aromatic carbocycles. The number of likely N-dealkylation sites (tertiary alicyclic amines) is 1. The fourth-order valence-corrected chi connectivity index (χ4v) is 2.12. The zero-order chi connectivity index (χ0) is 11.3. The molecule has 1 unspecified atom stereocenters. The molecular formula is C12H24N2O. The Kier molecular flexibility index (Phi) is 5.26. The first-order chi connectivity index (χ1) is 7.17. The Morgan fingerprint density at radius 2 is 2.07 bits per heavy atom. The van der Waals surface area contributed by atoms with E-state index in [-0.39, 0.29) is 5.92 Å². The van der Waals surface area contributed by atoms with Crippen molar-refractivity contribution in [1.29, 1.82) is 0 Å². The number of carbonyl (C=O) groups is 1. The van der Waals surface area contributed by atoms with E-state index >= 15 is 0 Å². The molecule has 1 heterocycles. The number of ketones is 1. The van der Waals surface area contributed by atoms with Gasteiger partial charge in [0.2, 0.25) is 0 Å². The summed E-state index contributed by atoms with van der Waals surface area (Å²) in [7, 11) is 0. The van der Waals surface area contributed by atoms with Gasteiger partial charge in [-0.25, -0.2) is 0 Å². The average Bonchev–Trinajstić information content (AvgIpc) is 2.24. The summed E-state index contributed by atoms with van der Waals surface area (Å²) in [6.07, 6.45) is 0.749. The summed E-state index contributed by atoms with van der Waals surface area (Å²) in [6.45, 7) is 12.9. The van der Waals surface area contributed by atoms with Gasteiger partial charge in [0.1, 0.15) is 5.78 Å². The van der Waals surface area contributed by atoms with E-state index in [2.05, 4.69) is 23.6 Å². The SMILES string of the molecule is CCN(CC)CCN1CCC(=O)C(C)C1. The number of hydrogen-bond acceptors (Lipinski definition) is 3. The van der Waals surface area contributed by atoms with Gasteiger partial charge in [-0.3, -0.25) is 4.79 Å². The summed E-state index contributed by atoms with van der Waals surface area (Å²) in [6, 6.07) is 0. The summed E-state index contributed by atoms with van der Waals surface area (Å²) < 4.78 is 0. The van der Waals surface area contributed by atoms with Gasteiger partial charge >= 0.3 is 0 Å². The largest absolute Gasteiger partial charge is 0.303 e. The van der Waals surface area contributed by atoms with E-state index < -0.39 is 0 Å². The number of likely N-dealkylation sites (N-methyl/N-ethyl adjacent to an activating group) is 1. The van der Waals surface area contributed by atoms with Gasteiger partial charge in [0, 0.05) is 38.5 Å². The minimum absolute atomic E-state index is 0.246. The molecule has 15 heavy (non-hydrogen) atoms. The van der Waals surface area contributed by atoms with Crippen molar-refractivity contribution in [1.82, 2.24) is 9.80 Å². The van der Waals surface area contributed by atoms with Crippen LogP contribution in [-0.4, -0.2) is 54.9 Å². The highest BCUT2D eigenvalue weighted by Gasteiger charge is 2.22. The van der Waals surface area contributed by atoms with Crippen LogP contribution in [0.1, 0.15) is 27.2 Å². The lowest BCUT2D eigenvalue weighted by Crippen LogP contribution is -2.43. The van der Waals surface area contributed by atoms with Crippen LogP contribution in [0.5, 0.6) is 0 Å². The first-order valence-electron chi connectivity index (χ1n) is 6.14. The highest BCUT2D eigenvalue weighted by molar-refractivity contribution is 5.81. The van der Waals surface area contributed by atoms with Crippen LogP contribution >= 0.6 is 0 Å². The first-order valence-corrected chi connectivity index (χ1v) is 6.14. The minimum Gasteiger partial charge on any atom is -0.303 e. The molecular weight excluding hydrogens is 188 g/mol. The summed E-state index contributed by atoms with van der Waals surface area (Å²) >= 11 is 0. The summed E-state index contributed by atoms with van der Waals surface area (Å²) in [5.41, 5.74) is 0.